The highest BCUT2D eigenvalue weighted by Gasteiger charge is 2.30. The lowest BCUT2D eigenvalue weighted by molar-refractivity contribution is 0.0700. The first-order chi connectivity index (χ1) is 10.5. The van der Waals surface area contributed by atoms with Gasteiger partial charge in [0.2, 0.25) is 5.56 Å². The molecule has 1 N–H and O–H groups in total. The van der Waals surface area contributed by atoms with Crippen LogP contribution in [0.4, 0.5) is 4.39 Å². The maximum Gasteiger partial charge on any atom is 0.255 e. The van der Waals surface area contributed by atoms with Crippen molar-refractivity contribution in [1.29, 1.82) is 0 Å². The highest BCUT2D eigenvalue weighted by atomic mass is 32.2. The molecule has 6 heteroatoms. The van der Waals surface area contributed by atoms with E-state index < -0.39 is 11.4 Å². The van der Waals surface area contributed by atoms with Crippen molar-refractivity contribution in [2.24, 2.45) is 0 Å². The van der Waals surface area contributed by atoms with E-state index in [4.69, 9.17) is 0 Å². The number of hydrogen-bond acceptors (Lipinski definition) is 3. The molecule has 0 spiro atoms. The van der Waals surface area contributed by atoms with Crippen molar-refractivity contribution in [3.8, 4) is 0 Å². The smallest absolute Gasteiger partial charge is 0.255 e. The van der Waals surface area contributed by atoms with Crippen molar-refractivity contribution in [1.82, 2.24) is 9.88 Å². The Balaban J connectivity index is 2.09. The number of amides is 1. The van der Waals surface area contributed by atoms with Gasteiger partial charge in [0.15, 0.2) is 0 Å². The molecular weight excluding hydrogens is 303 g/mol. The minimum atomic E-state index is -0.441. The number of carbonyl (C=O) groups is 1. The number of nitrogens with zero attached hydrogens (tertiary/aromatic N) is 1. The number of rotatable bonds is 1. The zero-order valence-electron chi connectivity index (χ0n) is 12.4. The van der Waals surface area contributed by atoms with Crippen molar-refractivity contribution in [2.75, 3.05) is 12.3 Å². The van der Waals surface area contributed by atoms with Crippen LogP contribution in [0.25, 0.3) is 10.9 Å². The molecule has 0 radical (unpaired) electrons. The first-order valence-electron chi connectivity index (χ1n) is 7.22. The van der Waals surface area contributed by atoms with E-state index in [2.05, 4.69) is 11.9 Å². The monoisotopic (exact) mass is 320 g/mol. The maximum atomic E-state index is 13.3. The van der Waals surface area contributed by atoms with Crippen LogP contribution in [0.1, 0.15) is 24.2 Å². The summed E-state index contributed by atoms with van der Waals surface area (Å²) < 4.78 is 13.3. The Morgan fingerprint density at radius 1 is 1.36 bits per heavy atom. The van der Waals surface area contributed by atoms with Crippen LogP contribution in [-0.2, 0) is 0 Å². The van der Waals surface area contributed by atoms with Gasteiger partial charge in [0, 0.05) is 35.0 Å². The van der Waals surface area contributed by atoms with E-state index in [1.54, 1.807) is 11.0 Å². The largest absolute Gasteiger partial charge is 0.334 e. The molecule has 2 heterocycles. The summed E-state index contributed by atoms with van der Waals surface area (Å²) in [6, 6.07) is 5.49. The molecule has 4 nitrogen and oxygen atoms in total. The highest BCUT2D eigenvalue weighted by molar-refractivity contribution is 8.00. The van der Waals surface area contributed by atoms with Gasteiger partial charge < -0.3 is 9.88 Å². The number of nitrogens with one attached hydrogen (secondary N) is 1. The summed E-state index contributed by atoms with van der Waals surface area (Å²) in [5.74, 6) is 0.277. The topological polar surface area (TPSA) is 53.2 Å². The molecule has 1 fully saturated rings. The number of aromatic nitrogens is 1. The minimum Gasteiger partial charge on any atom is -0.334 e. The van der Waals surface area contributed by atoms with Gasteiger partial charge in [-0.25, -0.2) is 4.39 Å². The Kier molecular flexibility index (Phi) is 3.95. The summed E-state index contributed by atoms with van der Waals surface area (Å²) in [7, 11) is 0. The van der Waals surface area contributed by atoms with Crippen molar-refractivity contribution in [2.45, 2.75) is 25.1 Å². The molecule has 1 saturated heterocycles. The van der Waals surface area contributed by atoms with E-state index in [-0.39, 0.29) is 11.9 Å². The first-order valence-corrected chi connectivity index (χ1v) is 8.27. The van der Waals surface area contributed by atoms with Gasteiger partial charge in [-0.05, 0) is 25.1 Å². The number of thioether (sulfide) groups is 1. The SMILES string of the molecule is C[C@@H]1SCCN(C(=O)c2cc(=O)[nH]c3cc(F)ccc23)[C@@H]1C. The summed E-state index contributed by atoms with van der Waals surface area (Å²) in [6.45, 7) is 4.77. The van der Waals surface area contributed by atoms with Gasteiger partial charge in [0.25, 0.3) is 5.91 Å². The minimum absolute atomic E-state index is 0.0982. The van der Waals surface area contributed by atoms with Crippen LogP contribution in [0, 0.1) is 5.82 Å². The molecule has 0 saturated carbocycles. The number of benzene rings is 1. The summed E-state index contributed by atoms with van der Waals surface area (Å²) in [4.78, 5) is 29.1. The van der Waals surface area contributed by atoms with E-state index in [0.717, 1.165) is 5.75 Å². The Bertz CT molecular complexity index is 789. The van der Waals surface area contributed by atoms with Crippen molar-refractivity contribution >= 4 is 28.6 Å². The van der Waals surface area contributed by atoms with Crippen LogP contribution < -0.4 is 5.56 Å². The van der Waals surface area contributed by atoms with Gasteiger partial charge >= 0.3 is 0 Å². The molecule has 1 aliphatic rings. The summed E-state index contributed by atoms with van der Waals surface area (Å²) in [5, 5.41) is 0.924. The third-order valence-corrected chi connectivity index (χ3v) is 5.52. The zero-order chi connectivity index (χ0) is 15.9. The molecule has 1 aliphatic heterocycles. The molecular formula is C16H17FN2O2S. The van der Waals surface area contributed by atoms with Crippen LogP contribution in [0.5, 0.6) is 0 Å². The molecule has 3 rings (SSSR count). The number of pyridine rings is 1. The van der Waals surface area contributed by atoms with Crippen LogP contribution in [-0.4, -0.2) is 39.4 Å². The average molecular weight is 320 g/mol. The molecule has 1 aromatic carbocycles. The standard InChI is InChI=1S/C16H17FN2O2S/c1-9-10(2)22-6-5-19(9)16(21)13-8-15(20)18-14-7-11(17)3-4-12(13)14/h3-4,7-10H,5-6H2,1-2H3,(H,18,20)/t9-,10+/m1/s1. The fourth-order valence-corrected chi connectivity index (χ4v) is 3.88. The van der Waals surface area contributed by atoms with Crippen LogP contribution in [0.2, 0.25) is 0 Å². The fraction of sp³-hybridized carbons (Fsp3) is 0.375. The van der Waals surface area contributed by atoms with Gasteiger partial charge in [-0.2, -0.15) is 11.8 Å². The summed E-state index contributed by atoms with van der Waals surface area (Å²) in [5.41, 5.74) is 0.293. The van der Waals surface area contributed by atoms with E-state index in [1.165, 1.54) is 18.2 Å². The second-order valence-electron chi connectivity index (χ2n) is 5.55. The van der Waals surface area contributed by atoms with Crippen LogP contribution in [0.15, 0.2) is 29.1 Å². The first kappa shape index (κ1) is 15.1. The highest BCUT2D eigenvalue weighted by Crippen LogP contribution is 2.27. The predicted molar refractivity (Wildman–Crippen MR) is 86.9 cm³/mol. The second-order valence-corrected chi connectivity index (χ2v) is 7.04. The van der Waals surface area contributed by atoms with Gasteiger partial charge in [-0.1, -0.05) is 6.92 Å². The van der Waals surface area contributed by atoms with Crippen LogP contribution >= 0.6 is 11.8 Å². The number of H-pyrrole nitrogens is 1. The fourth-order valence-electron chi connectivity index (χ4n) is 2.78. The lowest BCUT2D eigenvalue weighted by Crippen LogP contribution is -2.48. The molecule has 2 atom stereocenters. The van der Waals surface area contributed by atoms with Gasteiger partial charge in [-0.3, -0.25) is 9.59 Å². The summed E-state index contributed by atoms with van der Waals surface area (Å²) in [6.07, 6.45) is 0. The second kappa shape index (κ2) is 5.76. The molecule has 0 bridgehead atoms. The van der Waals surface area contributed by atoms with E-state index >= 15 is 0 Å². The number of hydrogen-bond donors (Lipinski definition) is 1. The third kappa shape index (κ3) is 2.63. The summed E-state index contributed by atoms with van der Waals surface area (Å²) >= 11 is 1.84. The van der Waals surface area contributed by atoms with Gasteiger partial charge in [0.1, 0.15) is 5.82 Å². The van der Waals surface area contributed by atoms with Crippen molar-refractivity contribution < 1.29 is 9.18 Å². The van der Waals surface area contributed by atoms with Crippen LogP contribution in [0.3, 0.4) is 0 Å². The molecule has 1 aromatic heterocycles. The number of fused-ring (bicyclic) bond motifs is 1. The van der Waals surface area contributed by atoms with E-state index in [1.807, 2.05) is 18.7 Å². The molecule has 22 heavy (non-hydrogen) atoms. The zero-order valence-corrected chi connectivity index (χ0v) is 13.2. The average Bonchev–Trinajstić information content (AvgIpc) is 2.48. The molecule has 116 valence electrons. The Morgan fingerprint density at radius 2 is 2.14 bits per heavy atom. The molecule has 0 aliphatic carbocycles. The molecule has 0 unspecified atom stereocenters. The van der Waals surface area contributed by atoms with E-state index in [0.29, 0.717) is 28.3 Å². The predicted octanol–water partition coefficient (Wildman–Crippen LogP) is 2.63. The number of carbonyl (C=O) groups excluding carboxylic acids is 1. The van der Waals surface area contributed by atoms with Crippen molar-refractivity contribution in [3.63, 3.8) is 0 Å². The Hall–Kier alpha value is -1.82. The maximum absolute atomic E-state index is 13.3. The lowest BCUT2D eigenvalue weighted by atomic mass is 10.1. The third-order valence-electron chi connectivity index (χ3n) is 4.18. The number of aromatic amines is 1. The normalized spacial score (nSPS) is 22.0. The molecule has 1 amide bonds. The van der Waals surface area contributed by atoms with Gasteiger partial charge in [0.05, 0.1) is 11.1 Å². The Morgan fingerprint density at radius 3 is 2.91 bits per heavy atom. The quantitative estimate of drug-likeness (QED) is 0.879. The number of halogens is 1. The van der Waals surface area contributed by atoms with Gasteiger partial charge in [-0.15, -0.1) is 0 Å². The van der Waals surface area contributed by atoms with Crippen molar-refractivity contribution in [3.05, 3.63) is 46.0 Å². The van der Waals surface area contributed by atoms with E-state index in [9.17, 15) is 14.0 Å². The molecule has 2 aromatic rings. The lowest BCUT2D eigenvalue weighted by Gasteiger charge is -2.37. The Labute approximate surface area is 131 Å².